The van der Waals surface area contributed by atoms with Gasteiger partial charge >= 0.3 is 0 Å². The summed E-state index contributed by atoms with van der Waals surface area (Å²) in [7, 11) is 0. The van der Waals surface area contributed by atoms with Gasteiger partial charge in [-0.2, -0.15) is 0 Å². The fourth-order valence-electron chi connectivity index (χ4n) is 6.38. The van der Waals surface area contributed by atoms with E-state index in [4.69, 9.17) is 0 Å². The second-order valence-electron chi connectivity index (χ2n) is 9.23. The molecular formula is C23H27N3O2. The molecule has 6 rings (SSSR count). The SMILES string of the molecule is O=C(CC12CC3CC(CC(C3)C1)C2)NNC(=O)c1ccc(-n2cccc2)cc1. The molecule has 1 aromatic carbocycles. The normalized spacial score (nSPS) is 30.2. The minimum absolute atomic E-state index is 0.0562. The summed E-state index contributed by atoms with van der Waals surface area (Å²) in [5.74, 6) is 2.14. The van der Waals surface area contributed by atoms with Crippen molar-refractivity contribution in [2.45, 2.75) is 44.9 Å². The van der Waals surface area contributed by atoms with Crippen LogP contribution in [-0.2, 0) is 4.79 Å². The highest BCUT2D eigenvalue weighted by Gasteiger charge is 2.51. The Labute approximate surface area is 165 Å². The van der Waals surface area contributed by atoms with Crippen molar-refractivity contribution in [2.75, 3.05) is 0 Å². The van der Waals surface area contributed by atoms with E-state index in [1.54, 1.807) is 12.1 Å². The first-order chi connectivity index (χ1) is 13.6. The van der Waals surface area contributed by atoms with Crippen molar-refractivity contribution in [1.29, 1.82) is 0 Å². The first kappa shape index (κ1) is 17.5. The zero-order valence-corrected chi connectivity index (χ0v) is 16.1. The monoisotopic (exact) mass is 377 g/mol. The van der Waals surface area contributed by atoms with Crippen LogP contribution in [0.1, 0.15) is 55.3 Å². The van der Waals surface area contributed by atoms with Crippen LogP contribution >= 0.6 is 0 Å². The number of hydrogen-bond donors (Lipinski definition) is 2. The summed E-state index contributed by atoms with van der Waals surface area (Å²) >= 11 is 0. The van der Waals surface area contributed by atoms with Gasteiger partial charge in [0, 0.05) is 30.1 Å². The molecule has 2 N–H and O–H groups in total. The summed E-state index contributed by atoms with van der Waals surface area (Å²) in [5, 5.41) is 0. The topological polar surface area (TPSA) is 63.1 Å². The minimum Gasteiger partial charge on any atom is -0.324 e. The molecule has 1 aromatic heterocycles. The molecule has 4 bridgehead atoms. The summed E-state index contributed by atoms with van der Waals surface area (Å²) in [4.78, 5) is 24.9. The molecule has 0 spiro atoms. The predicted molar refractivity (Wildman–Crippen MR) is 107 cm³/mol. The number of hydrogen-bond acceptors (Lipinski definition) is 2. The number of nitrogens with one attached hydrogen (secondary N) is 2. The molecule has 5 nitrogen and oxygen atoms in total. The molecule has 146 valence electrons. The molecule has 28 heavy (non-hydrogen) atoms. The van der Waals surface area contributed by atoms with Crippen LogP contribution in [0.5, 0.6) is 0 Å². The van der Waals surface area contributed by atoms with Crippen molar-refractivity contribution in [3.8, 4) is 5.69 Å². The van der Waals surface area contributed by atoms with E-state index in [1.807, 2.05) is 41.2 Å². The Morgan fingerprint density at radius 3 is 2.04 bits per heavy atom. The highest BCUT2D eigenvalue weighted by atomic mass is 16.2. The molecule has 4 saturated carbocycles. The molecule has 0 radical (unpaired) electrons. The average Bonchev–Trinajstić information content (AvgIpc) is 3.19. The quantitative estimate of drug-likeness (QED) is 0.795. The Morgan fingerprint density at radius 2 is 1.46 bits per heavy atom. The van der Waals surface area contributed by atoms with Gasteiger partial charge in [0.2, 0.25) is 5.91 Å². The van der Waals surface area contributed by atoms with Gasteiger partial charge in [0.05, 0.1) is 0 Å². The van der Waals surface area contributed by atoms with E-state index in [2.05, 4.69) is 10.9 Å². The second kappa shape index (κ2) is 6.80. The van der Waals surface area contributed by atoms with E-state index < -0.39 is 0 Å². The Morgan fingerprint density at radius 1 is 0.893 bits per heavy atom. The Balaban J connectivity index is 1.16. The number of rotatable bonds is 4. The lowest BCUT2D eigenvalue weighted by atomic mass is 9.49. The van der Waals surface area contributed by atoms with Gasteiger partial charge in [-0.25, -0.2) is 0 Å². The van der Waals surface area contributed by atoms with Crippen molar-refractivity contribution in [3.05, 3.63) is 54.4 Å². The summed E-state index contributed by atoms with van der Waals surface area (Å²) < 4.78 is 1.98. The van der Waals surface area contributed by atoms with Crippen molar-refractivity contribution < 1.29 is 9.59 Å². The van der Waals surface area contributed by atoms with Crippen LogP contribution in [0.2, 0.25) is 0 Å². The molecule has 4 fully saturated rings. The largest absolute Gasteiger partial charge is 0.324 e. The lowest BCUT2D eigenvalue weighted by Crippen LogP contribution is -2.50. The Hall–Kier alpha value is -2.56. The highest BCUT2D eigenvalue weighted by molar-refractivity contribution is 5.95. The van der Waals surface area contributed by atoms with Crippen LogP contribution in [-0.4, -0.2) is 16.4 Å². The molecule has 4 aliphatic rings. The van der Waals surface area contributed by atoms with E-state index in [0.717, 1.165) is 23.4 Å². The van der Waals surface area contributed by atoms with Gasteiger partial charge in [0.15, 0.2) is 0 Å². The fraction of sp³-hybridized carbons (Fsp3) is 0.478. The van der Waals surface area contributed by atoms with Crippen molar-refractivity contribution in [2.24, 2.45) is 23.2 Å². The summed E-state index contributed by atoms with van der Waals surface area (Å²) in [6, 6.07) is 11.3. The standard InChI is InChI=1S/C23H27N3O2/c27-21(15-23-12-16-9-17(13-23)11-18(10-16)14-23)24-25-22(28)19-3-5-20(6-4-19)26-7-1-2-8-26/h1-8,16-18H,9-15H2,(H,24,27)(H,25,28). The second-order valence-corrected chi connectivity index (χ2v) is 9.23. The summed E-state index contributed by atoms with van der Waals surface area (Å²) in [5.41, 5.74) is 6.95. The van der Waals surface area contributed by atoms with Gasteiger partial charge in [-0.1, -0.05) is 0 Å². The first-order valence-electron chi connectivity index (χ1n) is 10.4. The third kappa shape index (κ3) is 3.34. The van der Waals surface area contributed by atoms with E-state index >= 15 is 0 Å². The zero-order chi connectivity index (χ0) is 19.1. The van der Waals surface area contributed by atoms with Crippen molar-refractivity contribution >= 4 is 11.8 Å². The lowest BCUT2D eigenvalue weighted by molar-refractivity contribution is -0.130. The maximum absolute atomic E-state index is 12.5. The number of carbonyl (C=O) groups excluding carboxylic acids is 2. The van der Waals surface area contributed by atoms with Crippen LogP contribution in [0.3, 0.4) is 0 Å². The summed E-state index contributed by atoms with van der Waals surface area (Å²) in [6.07, 6.45) is 12.2. The van der Waals surface area contributed by atoms with E-state index in [-0.39, 0.29) is 17.2 Å². The van der Waals surface area contributed by atoms with Crippen molar-refractivity contribution in [1.82, 2.24) is 15.4 Å². The number of aromatic nitrogens is 1. The zero-order valence-electron chi connectivity index (χ0n) is 16.1. The number of hydrazine groups is 1. The van der Waals surface area contributed by atoms with Gasteiger partial charge < -0.3 is 4.57 Å². The third-order valence-corrected chi connectivity index (χ3v) is 7.05. The molecule has 1 heterocycles. The van der Waals surface area contributed by atoms with Crippen LogP contribution in [0, 0.1) is 23.2 Å². The molecular weight excluding hydrogens is 350 g/mol. The molecule has 2 amide bonds. The number of nitrogens with zero attached hydrogens (tertiary/aromatic N) is 1. The van der Waals surface area contributed by atoms with Gasteiger partial charge in [-0.15, -0.1) is 0 Å². The Bertz CT molecular complexity index is 834. The van der Waals surface area contributed by atoms with E-state index in [0.29, 0.717) is 12.0 Å². The minimum atomic E-state index is -0.280. The van der Waals surface area contributed by atoms with Gasteiger partial charge in [0.25, 0.3) is 5.91 Å². The average molecular weight is 377 g/mol. The lowest BCUT2D eigenvalue weighted by Gasteiger charge is -2.56. The fourth-order valence-corrected chi connectivity index (χ4v) is 6.38. The first-order valence-corrected chi connectivity index (χ1v) is 10.4. The smallest absolute Gasteiger partial charge is 0.269 e. The number of amides is 2. The van der Waals surface area contributed by atoms with Crippen LogP contribution in [0.15, 0.2) is 48.8 Å². The maximum Gasteiger partial charge on any atom is 0.269 e. The molecule has 0 saturated heterocycles. The van der Waals surface area contributed by atoms with Crippen molar-refractivity contribution in [3.63, 3.8) is 0 Å². The van der Waals surface area contributed by atoms with E-state index in [1.165, 1.54) is 38.5 Å². The van der Waals surface area contributed by atoms with Gasteiger partial charge in [-0.05, 0) is 98.1 Å². The van der Waals surface area contributed by atoms with Crippen LogP contribution in [0.25, 0.3) is 5.69 Å². The molecule has 0 aliphatic heterocycles. The van der Waals surface area contributed by atoms with E-state index in [9.17, 15) is 9.59 Å². The molecule has 4 aliphatic carbocycles. The maximum atomic E-state index is 12.5. The van der Waals surface area contributed by atoms with Gasteiger partial charge in [0.1, 0.15) is 0 Å². The van der Waals surface area contributed by atoms with Crippen LogP contribution in [0.4, 0.5) is 0 Å². The Kier molecular flexibility index (Phi) is 4.26. The predicted octanol–water partition coefficient (Wildman–Crippen LogP) is 3.84. The molecule has 5 heteroatoms. The molecule has 0 unspecified atom stereocenters. The highest BCUT2D eigenvalue weighted by Crippen LogP contribution is 2.61. The molecule has 0 atom stereocenters. The third-order valence-electron chi connectivity index (χ3n) is 7.05. The van der Waals surface area contributed by atoms with Crippen LogP contribution < -0.4 is 10.9 Å². The number of benzene rings is 1. The number of carbonyl (C=O) groups is 2. The van der Waals surface area contributed by atoms with Gasteiger partial charge in [-0.3, -0.25) is 20.4 Å². The summed E-state index contributed by atoms with van der Waals surface area (Å²) in [6.45, 7) is 0. The molecule has 2 aromatic rings.